The third-order valence-corrected chi connectivity index (χ3v) is 2.05. The summed E-state index contributed by atoms with van der Waals surface area (Å²) in [7, 11) is 0. The van der Waals surface area contributed by atoms with Gasteiger partial charge >= 0.3 is 5.97 Å². The highest BCUT2D eigenvalue weighted by molar-refractivity contribution is 5.85. The molecule has 0 aliphatic heterocycles. The van der Waals surface area contributed by atoms with Crippen LogP contribution in [0.5, 0.6) is 0 Å². The highest BCUT2D eigenvalue weighted by Gasteiger charge is 2.17. The summed E-state index contributed by atoms with van der Waals surface area (Å²) >= 11 is 0. The quantitative estimate of drug-likeness (QED) is 0.785. The molecule has 5 nitrogen and oxygen atoms in total. The molecule has 0 spiro atoms. The fraction of sp³-hybridized carbons (Fsp3) is 0.182. The Labute approximate surface area is 100 Å². The van der Waals surface area contributed by atoms with Crippen molar-refractivity contribution in [3.05, 3.63) is 35.7 Å². The molecule has 0 unspecified atom stereocenters. The van der Waals surface area contributed by atoms with E-state index in [4.69, 9.17) is 4.52 Å². The molecule has 0 amide bonds. The first-order chi connectivity index (χ1) is 8.61. The molecule has 94 valence electrons. The molecule has 1 heterocycles. The molecule has 1 aromatic heterocycles. The van der Waals surface area contributed by atoms with Gasteiger partial charge in [-0.25, -0.2) is 13.6 Å². The summed E-state index contributed by atoms with van der Waals surface area (Å²) in [5.41, 5.74) is 0.178. The molecule has 2 aromatic rings. The molecule has 1 aromatic carbocycles. The van der Waals surface area contributed by atoms with Crippen molar-refractivity contribution >= 4 is 5.97 Å². The molecule has 18 heavy (non-hydrogen) atoms. The standard InChI is InChI=1S/C11H8F2N2O3/c1-2-17-11(16)9-14-10(18-15-9)6-3-4-7(12)8(13)5-6/h3-5H,2H2,1H3. The molecule has 0 aliphatic carbocycles. The number of rotatable bonds is 3. The number of hydrogen-bond acceptors (Lipinski definition) is 5. The zero-order valence-corrected chi connectivity index (χ0v) is 9.31. The van der Waals surface area contributed by atoms with Crippen LogP contribution in [-0.4, -0.2) is 22.7 Å². The van der Waals surface area contributed by atoms with Gasteiger partial charge in [0.05, 0.1) is 6.61 Å². The summed E-state index contributed by atoms with van der Waals surface area (Å²) in [6, 6.07) is 3.09. The van der Waals surface area contributed by atoms with Crippen LogP contribution in [-0.2, 0) is 4.74 Å². The SMILES string of the molecule is CCOC(=O)c1noc(-c2ccc(F)c(F)c2)n1. The van der Waals surface area contributed by atoms with Crippen molar-refractivity contribution in [1.82, 2.24) is 10.1 Å². The Morgan fingerprint density at radius 3 is 2.83 bits per heavy atom. The molecule has 7 heteroatoms. The lowest BCUT2D eigenvalue weighted by Crippen LogP contribution is -2.06. The average molecular weight is 254 g/mol. The van der Waals surface area contributed by atoms with E-state index in [9.17, 15) is 13.6 Å². The number of benzene rings is 1. The smallest absolute Gasteiger partial charge is 0.379 e. The van der Waals surface area contributed by atoms with Gasteiger partial charge in [0, 0.05) is 5.56 Å². The topological polar surface area (TPSA) is 65.2 Å². The van der Waals surface area contributed by atoms with Crippen LogP contribution < -0.4 is 0 Å². The first kappa shape index (κ1) is 12.2. The van der Waals surface area contributed by atoms with Gasteiger partial charge in [0.1, 0.15) is 0 Å². The number of hydrogen-bond donors (Lipinski definition) is 0. The Balaban J connectivity index is 2.29. The van der Waals surface area contributed by atoms with Gasteiger partial charge in [-0.05, 0) is 30.3 Å². The molecular weight excluding hydrogens is 246 g/mol. The first-order valence-electron chi connectivity index (χ1n) is 5.08. The van der Waals surface area contributed by atoms with Crippen molar-refractivity contribution in [2.45, 2.75) is 6.92 Å². The molecule has 0 aliphatic rings. The Morgan fingerprint density at radius 2 is 2.17 bits per heavy atom. The van der Waals surface area contributed by atoms with Crippen molar-refractivity contribution in [3.8, 4) is 11.5 Å². The van der Waals surface area contributed by atoms with E-state index >= 15 is 0 Å². The Bertz CT molecular complexity index is 583. The van der Waals surface area contributed by atoms with Gasteiger partial charge in [0.15, 0.2) is 11.6 Å². The number of ether oxygens (including phenoxy) is 1. The van der Waals surface area contributed by atoms with E-state index in [2.05, 4.69) is 14.9 Å². The van der Waals surface area contributed by atoms with Crippen LogP contribution in [0, 0.1) is 11.6 Å². The minimum absolute atomic E-state index is 0.0862. The molecule has 0 atom stereocenters. The average Bonchev–Trinajstić information content (AvgIpc) is 2.82. The van der Waals surface area contributed by atoms with E-state index in [1.807, 2.05) is 0 Å². The summed E-state index contributed by atoms with van der Waals surface area (Å²) in [6.45, 7) is 1.81. The van der Waals surface area contributed by atoms with Crippen LogP contribution >= 0.6 is 0 Å². The highest BCUT2D eigenvalue weighted by Crippen LogP contribution is 2.19. The molecule has 0 saturated heterocycles. The van der Waals surface area contributed by atoms with Gasteiger partial charge in [0.2, 0.25) is 0 Å². The van der Waals surface area contributed by atoms with Crippen molar-refractivity contribution in [2.75, 3.05) is 6.61 Å². The molecular formula is C11H8F2N2O3. The fourth-order valence-corrected chi connectivity index (χ4v) is 1.25. The Hall–Kier alpha value is -2.31. The lowest BCUT2D eigenvalue weighted by atomic mass is 10.2. The van der Waals surface area contributed by atoms with E-state index in [1.165, 1.54) is 6.07 Å². The molecule has 0 fully saturated rings. The predicted octanol–water partition coefficient (Wildman–Crippen LogP) is 2.19. The van der Waals surface area contributed by atoms with Crippen molar-refractivity contribution in [1.29, 1.82) is 0 Å². The van der Waals surface area contributed by atoms with Crippen molar-refractivity contribution in [3.63, 3.8) is 0 Å². The van der Waals surface area contributed by atoms with Crippen LogP contribution in [0.2, 0.25) is 0 Å². The summed E-state index contributed by atoms with van der Waals surface area (Å²) in [5.74, 6) is -3.11. The van der Waals surface area contributed by atoms with Crippen LogP contribution in [0.4, 0.5) is 8.78 Å². The third-order valence-electron chi connectivity index (χ3n) is 2.05. The minimum atomic E-state index is -1.04. The van der Waals surface area contributed by atoms with Gasteiger partial charge in [-0.1, -0.05) is 0 Å². The van der Waals surface area contributed by atoms with Crippen LogP contribution in [0.15, 0.2) is 22.7 Å². The highest BCUT2D eigenvalue weighted by atomic mass is 19.2. The normalized spacial score (nSPS) is 10.4. The number of halogens is 2. The lowest BCUT2D eigenvalue weighted by Gasteiger charge is -1.95. The van der Waals surface area contributed by atoms with Crippen LogP contribution in [0.1, 0.15) is 17.5 Å². The number of nitrogens with zero attached hydrogens (tertiary/aromatic N) is 2. The van der Waals surface area contributed by atoms with Crippen LogP contribution in [0.25, 0.3) is 11.5 Å². The molecule has 0 radical (unpaired) electrons. The maximum Gasteiger partial charge on any atom is 0.379 e. The van der Waals surface area contributed by atoms with E-state index < -0.39 is 17.6 Å². The summed E-state index contributed by atoms with van der Waals surface area (Å²) < 4.78 is 35.2. The van der Waals surface area contributed by atoms with E-state index in [0.717, 1.165) is 12.1 Å². The summed E-state index contributed by atoms with van der Waals surface area (Å²) in [6.07, 6.45) is 0. The maximum absolute atomic E-state index is 13.0. The van der Waals surface area contributed by atoms with E-state index in [0.29, 0.717) is 0 Å². The molecule has 0 bridgehead atoms. The second-order valence-electron chi connectivity index (χ2n) is 3.27. The van der Waals surface area contributed by atoms with E-state index in [-0.39, 0.29) is 23.9 Å². The summed E-state index contributed by atoms with van der Waals surface area (Å²) in [5, 5.41) is 3.39. The Morgan fingerprint density at radius 1 is 1.39 bits per heavy atom. The van der Waals surface area contributed by atoms with Gasteiger partial charge in [-0.2, -0.15) is 4.98 Å². The second-order valence-corrected chi connectivity index (χ2v) is 3.27. The second kappa shape index (κ2) is 4.91. The first-order valence-corrected chi connectivity index (χ1v) is 5.08. The van der Waals surface area contributed by atoms with Gasteiger partial charge in [-0.3, -0.25) is 0 Å². The number of carbonyl (C=O) groups excluding carboxylic acids is 1. The Kier molecular flexibility index (Phi) is 3.31. The van der Waals surface area contributed by atoms with Crippen LogP contribution in [0.3, 0.4) is 0 Å². The monoisotopic (exact) mass is 254 g/mol. The van der Waals surface area contributed by atoms with Crippen molar-refractivity contribution in [2.24, 2.45) is 0 Å². The van der Waals surface area contributed by atoms with Gasteiger partial charge < -0.3 is 9.26 Å². The largest absolute Gasteiger partial charge is 0.460 e. The number of esters is 1. The summed E-state index contributed by atoms with van der Waals surface area (Å²) in [4.78, 5) is 15.0. The van der Waals surface area contributed by atoms with E-state index in [1.54, 1.807) is 6.92 Å². The van der Waals surface area contributed by atoms with Gasteiger partial charge in [0.25, 0.3) is 11.7 Å². The zero-order chi connectivity index (χ0) is 13.1. The molecule has 0 N–H and O–H groups in total. The molecule has 0 saturated carbocycles. The maximum atomic E-state index is 13.0. The number of aromatic nitrogens is 2. The lowest BCUT2D eigenvalue weighted by molar-refractivity contribution is 0.0508. The third kappa shape index (κ3) is 2.34. The van der Waals surface area contributed by atoms with Gasteiger partial charge in [-0.15, -0.1) is 0 Å². The van der Waals surface area contributed by atoms with Crippen molar-refractivity contribution < 1.29 is 22.8 Å². The number of carbonyl (C=O) groups is 1. The minimum Gasteiger partial charge on any atom is -0.460 e. The zero-order valence-electron chi connectivity index (χ0n) is 9.31. The fourth-order valence-electron chi connectivity index (χ4n) is 1.25. The predicted molar refractivity (Wildman–Crippen MR) is 55.6 cm³/mol. The molecule has 2 rings (SSSR count).